The molecule has 0 unspecified atom stereocenters. The van der Waals surface area contributed by atoms with E-state index in [0.29, 0.717) is 64.8 Å². The van der Waals surface area contributed by atoms with Crippen LogP contribution < -0.4 is 10.6 Å². The van der Waals surface area contributed by atoms with Crippen LogP contribution in [0, 0.1) is 0 Å². The fourth-order valence-electron chi connectivity index (χ4n) is 5.91. The number of benzene rings is 1. The van der Waals surface area contributed by atoms with Crippen LogP contribution in [0.25, 0.3) is 34.1 Å². The van der Waals surface area contributed by atoms with Gasteiger partial charge in [-0.25, -0.2) is 14.3 Å². The van der Waals surface area contributed by atoms with Gasteiger partial charge in [0.05, 0.1) is 27.5 Å². The molecule has 1 aliphatic heterocycles. The van der Waals surface area contributed by atoms with Gasteiger partial charge in [0.25, 0.3) is 0 Å². The number of pyridine rings is 2. The fourth-order valence-corrected chi connectivity index (χ4v) is 6.17. The zero-order valence-electron chi connectivity index (χ0n) is 26.3. The third-order valence-electron chi connectivity index (χ3n) is 8.38. The first-order valence-electron chi connectivity index (χ1n) is 15.1. The molecule has 3 aromatic heterocycles. The summed E-state index contributed by atoms with van der Waals surface area (Å²) in [7, 11) is 3.70. The van der Waals surface area contributed by atoms with Crippen LogP contribution in [0.4, 0.5) is 5.82 Å². The van der Waals surface area contributed by atoms with Crippen LogP contribution in [0.2, 0.25) is 5.02 Å². The largest absolute Gasteiger partial charge is 0.355 e. The van der Waals surface area contributed by atoms with Gasteiger partial charge in [0, 0.05) is 37.4 Å². The number of anilines is 1. The van der Waals surface area contributed by atoms with Crippen LogP contribution in [0.1, 0.15) is 50.4 Å². The molecule has 44 heavy (non-hydrogen) atoms. The van der Waals surface area contributed by atoms with Gasteiger partial charge in [-0.15, -0.1) is 5.98 Å². The van der Waals surface area contributed by atoms with E-state index >= 15 is 0 Å². The zero-order chi connectivity index (χ0) is 31.7. The normalized spacial score (nSPS) is 15.7. The van der Waals surface area contributed by atoms with E-state index < -0.39 is 5.69 Å². The van der Waals surface area contributed by atoms with Gasteiger partial charge >= 0.3 is 5.69 Å². The van der Waals surface area contributed by atoms with E-state index in [2.05, 4.69) is 32.3 Å². The van der Waals surface area contributed by atoms with Gasteiger partial charge in [-0.3, -0.25) is 9.78 Å². The van der Waals surface area contributed by atoms with Crippen molar-refractivity contribution in [2.45, 2.75) is 46.1 Å². The number of hydrogen-bond acceptors (Lipinski definition) is 6. The van der Waals surface area contributed by atoms with Crippen molar-refractivity contribution in [2.75, 3.05) is 24.5 Å². The monoisotopic (exact) mass is 606 g/mol. The smallest absolute Gasteiger partial charge is 0.350 e. The van der Waals surface area contributed by atoms with Crippen molar-refractivity contribution in [3.63, 3.8) is 0 Å². The zero-order valence-corrected chi connectivity index (χ0v) is 27.0. The van der Waals surface area contributed by atoms with Crippen LogP contribution in [0.5, 0.6) is 0 Å². The summed E-state index contributed by atoms with van der Waals surface area (Å²) >= 11 is 7.01. The van der Waals surface area contributed by atoms with Gasteiger partial charge < -0.3 is 9.80 Å². The Kier molecular flexibility index (Phi) is 9.11. The summed E-state index contributed by atoms with van der Waals surface area (Å²) in [6.07, 6.45) is 4.26. The molecule has 11 heteroatoms. The third kappa shape index (κ3) is 5.59. The molecule has 5 rings (SSSR count). The van der Waals surface area contributed by atoms with Crippen LogP contribution >= 0.6 is 11.6 Å². The second-order valence-corrected chi connectivity index (χ2v) is 11.9. The van der Waals surface area contributed by atoms with Gasteiger partial charge in [0.15, 0.2) is 5.65 Å². The summed E-state index contributed by atoms with van der Waals surface area (Å²) in [4.78, 5) is 45.7. The molecule has 0 saturated carbocycles. The second-order valence-electron chi connectivity index (χ2n) is 11.5. The molecule has 0 aliphatic carbocycles. The van der Waals surface area contributed by atoms with E-state index in [1.54, 1.807) is 16.8 Å². The number of aryl methyl sites for hydroxylation is 1. The Morgan fingerprint density at radius 2 is 1.95 bits per heavy atom. The predicted molar refractivity (Wildman–Crippen MR) is 185 cm³/mol. The maximum atomic E-state index is 14.2. The summed E-state index contributed by atoms with van der Waals surface area (Å²) in [6.45, 7) is 13.7. The summed E-state index contributed by atoms with van der Waals surface area (Å²) in [5.41, 5.74) is 5.47. The fraction of sp³-hybridized carbons (Fsp3) is 0.303. The number of halogens is 1. The molecule has 0 spiro atoms. The quantitative estimate of drug-likeness (QED) is 0.234. The maximum absolute atomic E-state index is 14.2. The molecule has 4 heterocycles. The number of carbonyl (C=O) groups excluding carboxylic acids is 1. The highest BCUT2D eigenvalue weighted by atomic mass is 35.5. The van der Waals surface area contributed by atoms with E-state index in [0.717, 1.165) is 22.4 Å². The summed E-state index contributed by atoms with van der Waals surface area (Å²) < 4.78 is 1.61. The number of hydrogen-bond donors (Lipinski definition) is 0. The highest BCUT2D eigenvalue weighted by Crippen LogP contribution is 2.37. The lowest BCUT2D eigenvalue weighted by Crippen LogP contribution is -2.54. The summed E-state index contributed by atoms with van der Waals surface area (Å²) in [6, 6.07) is 11.5. The number of amides is 1. The first-order valence-corrected chi connectivity index (χ1v) is 15.5. The summed E-state index contributed by atoms with van der Waals surface area (Å²) in [5, 5.41) is 1.10. The minimum Gasteiger partial charge on any atom is -0.350 e. The predicted octanol–water partition coefficient (Wildman–Crippen LogP) is 3.97. The first-order chi connectivity index (χ1) is 21.1. The topological polar surface area (TPSA) is 84.2 Å². The van der Waals surface area contributed by atoms with Crippen LogP contribution in [0.15, 0.2) is 65.4 Å². The Balaban J connectivity index is 1.79. The molecule has 0 N–H and O–H groups in total. The molecule has 1 saturated heterocycles. The van der Waals surface area contributed by atoms with Gasteiger partial charge in [-0.2, -0.15) is 4.98 Å². The average Bonchev–Trinajstić information content (AvgIpc) is 3.03. The van der Waals surface area contributed by atoms with E-state index in [1.807, 2.05) is 69.9 Å². The van der Waals surface area contributed by atoms with Crippen molar-refractivity contribution in [3.8, 4) is 16.9 Å². The number of piperazine rings is 1. The van der Waals surface area contributed by atoms with Crippen LogP contribution in [0.3, 0.4) is 0 Å². The Bertz CT molecular complexity index is 1850. The standard InChI is InChI=1S/C33H37B2ClN6O2/c1-6-21-10-8-9-11-23(21)28-26(36)16-24-30(41-15-14-40(18-20(41)5)32(43)25(35)17-34)39-33(44)42(31(24)38-28)29-22(7-2)12-13-37-27(29)19(3)4/h6,8-13,16-17,19-20H,1,7,14-15,18,34-35H2,2-5H3/b25-17-/t20-/m0/s1. The van der Waals surface area contributed by atoms with E-state index in [9.17, 15) is 9.59 Å². The molecule has 1 aromatic carbocycles. The lowest BCUT2D eigenvalue weighted by molar-refractivity contribution is -0.127. The van der Waals surface area contributed by atoms with Gasteiger partial charge in [0.1, 0.15) is 21.5 Å². The second kappa shape index (κ2) is 12.8. The molecule has 1 aliphatic rings. The average molecular weight is 607 g/mol. The van der Waals surface area contributed by atoms with Crippen LogP contribution in [-0.2, 0) is 11.2 Å². The SMILES string of the molecule is B/C=C(\B)C(=O)N1CCN(c2nc(=O)n(-c3c(CC)ccnc3C(C)C)c3nc(-c4ccccc4C=C)c(Cl)cc23)[C@@H](C)C1. The number of nitrogens with zero attached hydrogens (tertiary/aromatic N) is 6. The van der Waals surface area contributed by atoms with Crippen molar-refractivity contribution in [1.29, 1.82) is 0 Å². The highest BCUT2D eigenvalue weighted by Gasteiger charge is 2.31. The Hall–Kier alpha value is -4.17. The van der Waals surface area contributed by atoms with Crippen molar-refractivity contribution >= 4 is 56.1 Å². The molecule has 4 aromatic rings. The third-order valence-corrected chi connectivity index (χ3v) is 8.67. The number of aromatic nitrogens is 4. The van der Waals surface area contributed by atoms with Crippen molar-refractivity contribution in [2.24, 2.45) is 0 Å². The molecule has 1 atom stereocenters. The van der Waals surface area contributed by atoms with Crippen molar-refractivity contribution in [1.82, 2.24) is 24.4 Å². The molecule has 0 bridgehead atoms. The highest BCUT2D eigenvalue weighted by molar-refractivity contribution is 6.40. The number of carbonyl (C=O) groups is 1. The van der Waals surface area contributed by atoms with E-state index in [4.69, 9.17) is 26.6 Å². The molecular formula is C33H37B2ClN6O2. The molecule has 1 amide bonds. The van der Waals surface area contributed by atoms with E-state index in [-0.39, 0.29) is 17.9 Å². The van der Waals surface area contributed by atoms with Crippen molar-refractivity contribution < 1.29 is 4.79 Å². The van der Waals surface area contributed by atoms with Gasteiger partial charge in [-0.1, -0.05) is 69.3 Å². The van der Waals surface area contributed by atoms with E-state index in [1.165, 1.54) is 0 Å². The number of rotatable bonds is 7. The maximum Gasteiger partial charge on any atom is 0.355 e. The molecule has 8 nitrogen and oxygen atoms in total. The molecule has 224 valence electrons. The Labute approximate surface area is 265 Å². The van der Waals surface area contributed by atoms with Gasteiger partial charge in [-0.05, 0) is 48.0 Å². The molecular weight excluding hydrogens is 569 g/mol. The molecule has 0 radical (unpaired) electrons. The van der Waals surface area contributed by atoms with Gasteiger partial charge in [0.2, 0.25) is 5.91 Å². The minimum atomic E-state index is -0.439. The van der Waals surface area contributed by atoms with Crippen molar-refractivity contribution in [3.05, 3.63) is 92.9 Å². The van der Waals surface area contributed by atoms with Crippen LogP contribution in [-0.4, -0.2) is 71.7 Å². The first kappa shape index (κ1) is 31.3. The lowest BCUT2D eigenvalue weighted by Gasteiger charge is -2.41. The molecule has 1 fully saturated rings. The minimum absolute atomic E-state index is 0.0207. The Morgan fingerprint density at radius 1 is 1.20 bits per heavy atom. The lowest BCUT2D eigenvalue weighted by atomic mass is 9.88. The number of fused-ring (bicyclic) bond motifs is 1. The summed E-state index contributed by atoms with van der Waals surface area (Å²) in [5.74, 6) is 2.41. The Morgan fingerprint density at radius 3 is 2.61 bits per heavy atom.